The summed E-state index contributed by atoms with van der Waals surface area (Å²) in [5.41, 5.74) is 0. The Bertz CT molecular complexity index is 371. The first-order valence-electron chi connectivity index (χ1n) is 5.16. The molecule has 5 heteroatoms. The molecular weight excluding hydrogens is 211 g/mol. The Labute approximate surface area is 93.5 Å². The minimum absolute atomic E-state index is 0.0183. The first-order valence-corrected chi connectivity index (χ1v) is 5.16. The molecule has 2 N–H and O–H groups in total. The number of carbonyl (C=O) groups is 1. The normalized spacial score (nSPS) is 14.2. The highest BCUT2D eigenvalue weighted by molar-refractivity contribution is 5.77. The van der Waals surface area contributed by atoms with Crippen molar-refractivity contribution in [3.8, 4) is 0 Å². The standard InChI is InChI=1S/C11H15FN2O2/c1-3-7(2)9(11(15)16)14-10-8(12)5-4-6-13-10/h4-7,9H,3H2,1-2H3,(H,13,14)(H,15,16)/t7-,9-/m0/s1. The fourth-order valence-electron chi connectivity index (χ4n) is 1.32. The molecule has 1 heterocycles. The van der Waals surface area contributed by atoms with E-state index in [0.717, 1.165) is 0 Å². The summed E-state index contributed by atoms with van der Waals surface area (Å²) >= 11 is 0. The lowest BCUT2D eigenvalue weighted by atomic mass is 9.99. The summed E-state index contributed by atoms with van der Waals surface area (Å²) in [5, 5.41) is 11.6. The van der Waals surface area contributed by atoms with Gasteiger partial charge in [-0.15, -0.1) is 0 Å². The highest BCUT2D eigenvalue weighted by Crippen LogP contribution is 2.16. The number of halogens is 1. The largest absolute Gasteiger partial charge is 0.480 e. The van der Waals surface area contributed by atoms with Crippen LogP contribution in [0.4, 0.5) is 10.2 Å². The van der Waals surface area contributed by atoms with Gasteiger partial charge in [0, 0.05) is 6.20 Å². The highest BCUT2D eigenvalue weighted by Gasteiger charge is 2.24. The zero-order valence-corrected chi connectivity index (χ0v) is 9.27. The number of aromatic nitrogens is 1. The molecule has 0 aliphatic carbocycles. The van der Waals surface area contributed by atoms with Gasteiger partial charge in [0.1, 0.15) is 6.04 Å². The van der Waals surface area contributed by atoms with Gasteiger partial charge in [0.2, 0.25) is 0 Å². The van der Waals surface area contributed by atoms with Crippen molar-refractivity contribution >= 4 is 11.8 Å². The van der Waals surface area contributed by atoms with E-state index in [9.17, 15) is 9.18 Å². The predicted molar refractivity (Wildman–Crippen MR) is 58.7 cm³/mol. The molecule has 2 atom stereocenters. The van der Waals surface area contributed by atoms with Gasteiger partial charge in [-0.2, -0.15) is 0 Å². The molecule has 16 heavy (non-hydrogen) atoms. The third kappa shape index (κ3) is 2.92. The average Bonchev–Trinajstić information content (AvgIpc) is 2.26. The number of carboxylic acids is 1. The van der Waals surface area contributed by atoms with E-state index in [4.69, 9.17) is 5.11 Å². The molecule has 0 radical (unpaired) electrons. The van der Waals surface area contributed by atoms with Crippen molar-refractivity contribution in [2.75, 3.05) is 5.32 Å². The van der Waals surface area contributed by atoms with Crippen LogP contribution in [-0.2, 0) is 4.79 Å². The van der Waals surface area contributed by atoms with E-state index in [-0.39, 0.29) is 11.7 Å². The molecule has 1 rings (SSSR count). The molecule has 0 aliphatic heterocycles. The van der Waals surface area contributed by atoms with Crippen molar-refractivity contribution in [2.45, 2.75) is 26.3 Å². The second-order valence-corrected chi connectivity index (χ2v) is 3.68. The third-order valence-electron chi connectivity index (χ3n) is 2.53. The first-order chi connectivity index (χ1) is 7.56. The van der Waals surface area contributed by atoms with E-state index < -0.39 is 17.8 Å². The molecule has 0 saturated heterocycles. The maximum Gasteiger partial charge on any atom is 0.326 e. The molecule has 1 aromatic heterocycles. The minimum atomic E-state index is -1.00. The summed E-state index contributed by atoms with van der Waals surface area (Å²) in [6.45, 7) is 3.68. The zero-order chi connectivity index (χ0) is 12.1. The number of rotatable bonds is 5. The van der Waals surface area contributed by atoms with Gasteiger partial charge in [0.15, 0.2) is 11.6 Å². The van der Waals surface area contributed by atoms with Gasteiger partial charge in [-0.25, -0.2) is 14.2 Å². The molecule has 0 spiro atoms. The summed E-state index contributed by atoms with van der Waals surface area (Å²) < 4.78 is 13.3. The van der Waals surface area contributed by atoms with Crippen molar-refractivity contribution in [1.29, 1.82) is 0 Å². The van der Waals surface area contributed by atoms with Crippen LogP contribution in [0.25, 0.3) is 0 Å². The number of anilines is 1. The average molecular weight is 226 g/mol. The molecule has 1 aromatic rings. The summed E-state index contributed by atoms with van der Waals surface area (Å²) in [7, 11) is 0. The van der Waals surface area contributed by atoms with Gasteiger partial charge < -0.3 is 10.4 Å². The molecule has 0 unspecified atom stereocenters. The van der Waals surface area contributed by atoms with Crippen LogP contribution in [0, 0.1) is 11.7 Å². The second kappa shape index (κ2) is 5.44. The summed E-state index contributed by atoms with van der Waals surface area (Å²) in [6.07, 6.45) is 2.11. The second-order valence-electron chi connectivity index (χ2n) is 3.68. The fourth-order valence-corrected chi connectivity index (χ4v) is 1.32. The topological polar surface area (TPSA) is 62.2 Å². The van der Waals surface area contributed by atoms with Gasteiger partial charge in [-0.1, -0.05) is 20.3 Å². The van der Waals surface area contributed by atoms with Crippen molar-refractivity contribution < 1.29 is 14.3 Å². The number of pyridine rings is 1. The number of hydrogen-bond donors (Lipinski definition) is 2. The lowest BCUT2D eigenvalue weighted by Gasteiger charge is -2.20. The molecule has 0 bridgehead atoms. The van der Waals surface area contributed by atoms with E-state index in [0.29, 0.717) is 6.42 Å². The molecule has 0 saturated carbocycles. The van der Waals surface area contributed by atoms with Crippen LogP contribution in [0.1, 0.15) is 20.3 Å². The van der Waals surface area contributed by atoms with E-state index in [1.165, 1.54) is 18.3 Å². The van der Waals surface area contributed by atoms with E-state index in [2.05, 4.69) is 10.3 Å². The van der Waals surface area contributed by atoms with Crippen molar-refractivity contribution in [2.24, 2.45) is 5.92 Å². The summed E-state index contributed by atoms with van der Waals surface area (Å²) in [5.74, 6) is -1.66. The first kappa shape index (κ1) is 12.4. The predicted octanol–water partition coefficient (Wildman–Crippen LogP) is 2.13. The maximum atomic E-state index is 13.3. The molecule has 0 amide bonds. The summed E-state index contributed by atoms with van der Waals surface area (Å²) in [4.78, 5) is 14.8. The smallest absolute Gasteiger partial charge is 0.326 e. The van der Waals surface area contributed by atoms with Crippen LogP contribution >= 0.6 is 0 Å². The van der Waals surface area contributed by atoms with Crippen LogP contribution in [0.15, 0.2) is 18.3 Å². The molecule has 0 aliphatic rings. The van der Waals surface area contributed by atoms with Gasteiger partial charge in [-0.05, 0) is 18.1 Å². The van der Waals surface area contributed by atoms with Crippen LogP contribution in [0.2, 0.25) is 0 Å². The Morgan fingerprint density at radius 2 is 2.38 bits per heavy atom. The van der Waals surface area contributed by atoms with E-state index in [1.807, 2.05) is 6.92 Å². The lowest BCUT2D eigenvalue weighted by Crippen LogP contribution is -2.36. The van der Waals surface area contributed by atoms with Crippen molar-refractivity contribution in [3.05, 3.63) is 24.1 Å². The Kier molecular flexibility index (Phi) is 4.22. The van der Waals surface area contributed by atoms with Crippen LogP contribution in [0.5, 0.6) is 0 Å². The number of nitrogens with one attached hydrogen (secondary N) is 1. The number of carboxylic acid groups (broad SMARTS) is 1. The Balaban J connectivity index is 2.84. The number of aliphatic carboxylic acids is 1. The van der Waals surface area contributed by atoms with Crippen LogP contribution in [0.3, 0.4) is 0 Å². The van der Waals surface area contributed by atoms with Gasteiger partial charge >= 0.3 is 5.97 Å². The van der Waals surface area contributed by atoms with Gasteiger partial charge in [0.25, 0.3) is 0 Å². The quantitative estimate of drug-likeness (QED) is 0.807. The zero-order valence-electron chi connectivity index (χ0n) is 9.27. The number of nitrogens with zero attached hydrogens (tertiary/aromatic N) is 1. The van der Waals surface area contributed by atoms with E-state index >= 15 is 0 Å². The van der Waals surface area contributed by atoms with Gasteiger partial charge in [0.05, 0.1) is 0 Å². The maximum absolute atomic E-state index is 13.3. The van der Waals surface area contributed by atoms with E-state index in [1.54, 1.807) is 6.92 Å². The molecule has 0 fully saturated rings. The van der Waals surface area contributed by atoms with Crippen molar-refractivity contribution in [3.63, 3.8) is 0 Å². The lowest BCUT2D eigenvalue weighted by molar-refractivity contribution is -0.139. The number of hydrogen-bond acceptors (Lipinski definition) is 3. The monoisotopic (exact) mass is 226 g/mol. The van der Waals surface area contributed by atoms with Crippen molar-refractivity contribution in [1.82, 2.24) is 4.98 Å². The molecule has 4 nitrogen and oxygen atoms in total. The Morgan fingerprint density at radius 1 is 1.69 bits per heavy atom. The molecule has 0 aromatic carbocycles. The van der Waals surface area contributed by atoms with Gasteiger partial charge in [-0.3, -0.25) is 0 Å². The third-order valence-corrected chi connectivity index (χ3v) is 2.53. The molecular formula is C11H15FN2O2. The molecule has 88 valence electrons. The Morgan fingerprint density at radius 3 is 2.88 bits per heavy atom. The van der Waals surface area contributed by atoms with Crippen LogP contribution < -0.4 is 5.32 Å². The SMILES string of the molecule is CC[C@H](C)[C@H](Nc1ncccc1F)C(=O)O. The summed E-state index contributed by atoms with van der Waals surface area (Å²) in [6, 6.07) is 1.87. The minimum Gasteiger partial charge on any atom is -0.480 e. The fraction of sp³-hybridized carbons (Fsp3) is 0.455. The van der Waals surface area contributed by atoms with Crippen LogP contribution in [-0.4, -0.2) is 22.1 Å². The Hall–Kier alpha value is -1.65. The highest BCUT2D eigenvalue weighted by atomic mass is 19.1.